The zero-order valence-corrected chi connectivity index (χ0v) is 15.9. The lowest BCUT2D eigenvalue weighted by Crippen LogP contribution is -2.52. The third-order valence-electron chi connectivity index (χ3n) is 5.13. The fraction of sp³-hybridized carbons (Fsp3) is 0.476. The summed E-state index contributed by atoms with van der Waals surface area (Å²) in [6.07, 6.45) is 3.56. The van der Waals surface area contributed by atoms with E-state index in [0.717, 1.165) is 36.3 Å². The van der Waals surface area contributed by atoms with Crippen molar-refractivity contribution in [1.82, 2.24) is 9.80 Å². The molecule has 0 aromatic heterocycles. The van der Waals surface area contributed by atoms with Crippen LogP contribution in [0.25, 0.3) is 0 Å². The Morgan fingerprint density at radius 2 is 1.93 bits per heavy atom. The minimum absolute atomic E-state index is 0.0244. The number of hydrogen-bond donors (Lipinski definition) is 1. The number of morpholine rings is 1. The lowest BCUT2D eigenvalue weighted by atomic mass is 9.95. The van der Waals surface area contributed by atoms with Gasteiger partial charge in [0.15, 0.2) is 0 Å². The highest BCUT2D eigenvalue weighted by atomic mass is 19.1. The van der Waals surface area contributed by atoms with E-state index < -0.39 is 5.97 Å². The number of aliphatic carboxylic acids is 1. The van der Waals surface area contributed by atoms with Crippen molar-refractivity contribution in [3.8, 4) is 0 Å². The summed E-state index contributed by atoms with van der Waals surface area (Å²) in [6, 6.07) is 6.43. The van der Waals surface area contributed by atoms with Gasteiger partial charge in [0.2, 0.25) is 0 Å². The Hall–Kier alpha value is -2.18. The van der Waals surface area contributed by atoms with E-state index in [4.69, 9.17) is 4.74 Å². The van der Waals surface area contributed by atoms with E-state index in [1.807, 2.05) is 13.0 Å². The first kappa shape index (κ1) is 19.6. The molecule has 0 aliphatic carbocycles. The second kappa shape index (κ2) is 8.67. The van der Waals surface area contributed by atoms with Crippen molar-refractivity contribution < 1.29 is 19.0 Å². The molecule has 1 saturated heterocycles. The first-order valence-corrected chi connectivity index (χ1v) is 9.49. The third kappa shape index (κ3) is 4.39. The second-order valence-corrected chi connectivity index (χ2v) is 7.04. The summed E-state index contributed by atoms with van der Waals surface area (Å²) in [5.74, 6) is -1.16. The first-order valence-electron chi connectivity index (χ1n) is 9.49. The van der Waals surface area contributed by atoms with Gasteiger partial charge in [-0.3, -0.25) is 4.90 Å². The number of nitrogens with zero attached hydrogens (tertiary/aromatic N) is 2. The van der Waals surface area contributed by atoms with Crippen LogP contribution in [0.5, 0.6) is 0 Å². The average molecular weight is 374 g/mol. The smallest absolute Gasteiger partial charge is 0.337 e. The average Bonchev–Trinajstić information content (AvgIpc) is 2.66. The molecule has 0 saturated carbocycles. The highest BCUT2D eigenvalue weighted by Crippen LogP contribution is 2.33. The molecule has 2 aliphatic rings. The Balaban J connectivity index is 2.00. The molecular formula is C21H27FN2O3. The number of hydrogen-bond acceptors (Lipinski definition) is 4. The molecule has 1 aromatic rings. The van der Waals surface area contributed by atoms with Crippen LogP contribution in [0.2, 0.25) is 0 Å². The Morgan fingerprint density at radius 1 is 1.26 bits per heavy atom. The Bertz CT molecular complexity index is 736. The molecule has 146 valence electrons. The van der Waals surface area contributed by atoms with Gasteiger partial charge >= 0.3 is 5.97 Å². The quantitative estimate of drug-likeness (QED) is 0.827. The fourth-order valence-electron chi connectivity index (χ4n) is 3.85. The maximum absolute atomic E-state index is 13.3. The minimum Gasteiger partial charge on any atom is -0.478 e. The maximum Gasteiger partial charge on any atom is 0.337 e. The van der Waals surface area contributed by atoms with Crippen LogP contribution in [-0.2, 0) is 16.1 Å². The number of carboxylic acid groups (broad SMARTS) is 1. The second-order valence-electron chi connectivity index (χ2n) is 7.04. The van der Waals surface area contributed by atoms with Crippen LogP contribution in [0, 0.1) is 5.82 Å². The maximum atomic E-state index is 13.3. The molecule has 1 aromatic carbocycles. The standard InChI is InChI=1S/C21H27FN2O3/c1-3-4-18-20(21(25)26)15(2)13-19(23-9-11-27-12-10-23)24(18)14-16-5-7-17(22)8-6-16/h5-8,13,19H,3-4,9-12,14H2,1-2H3,(H,25,26). The van der Waals surface area contributed by atoms with Gasteiger partial charge in [-0.25, -0.2) is 9.18 Å². The molecule has 5 nitrogen and oxygen atoms in total. The van der Waals surface area contributed by atoms with Crippen LogP contribution >= 0.6 is 0 Å². The Kier molecular flexibility index (Phi) is 6.29. The number of halogens is 1. The first-order chi connectivity index (χ1) is 13.0. The highest BCUT2D eigenvalue weighted by Gasteiger charge is 2.34. The summed E-state index contributed by atoms with van der Waals surface area (Å²) in [7, 11) is 0. The largest absolute Gasteiger partial charge is 0.478 e. The summed E-state index contributed by atoms with van der Waals surface area (Å²) in [6.45, 7) is 7.42. The van der Waals surface area contributed by atoms with E-state index in [0.29, 0.717) is 31.8 Å². The molecule has 2 aliphatic heterocycles. The molecule has 6 heteroatoms. The van der Waals surface area contributed by atoms with E-state index in [1.54, 1.807) is 12.1 Å². The van der Waals surface area contributed by atoms with E-state index >= 15 is 0 Å². The minimum atomic E-state index is -0.892. The molecule has 1 atom stereocenters. The van der Waals surface area contributed by atoms with Gasteiger partial charge in [-0.1, -0.05) is 25.5 Å². The number of carboxylic acids is 1. The Morgan fingerprint density at radius 3 is 2.52 bits per heavy atom. The number of benzene rings is 1. The van der Waals surface area contributed by atoms with E-state index in [2.05, 4.69) is 16.7 Å². The van der Waals surface area contributed by atoms with Crippen molar-refractivity contribution in [3.05, 3.63) is 58.6 Å². The van der Waals surface area contributed by atoms with E-state index in [9.17, 15) is 14.3 Å². The van der Waals surface area contributed by atoms with Crippen LogP contribution in [0.15, 0.2) is 47.2 Å². The zero-order valence-electron chi connectivity index (χ0n) is 15.9. The van der Waals surface area contributed by atoms with Gasteiger partial charge in [-0.2, -0.15) is 0 Å². The molecule has 0 radical (unpaired) electrons. The molecule has 0 bridgehead atoms. The Labute approximate surface area is 159 Å². The van der Waals surface area contributed by atoms with Crippen LogP contribution in [0.3, 0.4) is 0 Å². The van der Waals surface area contributed by atoms with Crippen molar-refractivity contribution in [2.45, 2.75) is 39.4 Å². The van der Waals surface area contributed by atoms with Gasteiger partial charge in [-0.05, 0) is 42.7 Å². The van der Waals surface area contributed by atoms with Gasteiger partial charge in [0.1, 0.15) is 12.0 Å². The van der Waals surface area contributed by atoms with Crippen molar-refractivity contribution in [2.24, 2.45) is 0 Å². The number of allylic oxidation sites excluding steroid dienone is 1. The summed E-state index contributed by atoms with van der Waals surface area (Å²) >= 11 is 0. The summed E-state index contributed by atoms with van der Waals surface area (Å²) in [5.41, 5.74) is 3.01. The fourth-order valence-corrected chi connectivity index (χ4v) is 3.85. The zero-order chi connectivity index (χ0) is 19.4. The van der Waals surface area contributed by atoms with Crippen molar-refractivity contribution >= 4 is 5.97 Å². The van der Waals surface area contributed by atoms with Crippen LogP contribution in [0.4, 0.5) is 4.39 Å². The van der Waals surface area contributed by atoms with Gasteiger partial charge in [0.05, 0.1) is 18.8 Å². The predicted molar refractivity (Wildman–Crippen MR) is 101 cm³/mol. The molecule has 1 N–H and O–H groups in total. The summed E-state index contributed by atoms with van der Waals surface area (Å²) < 4.78 is 18.8. The van der Waals surface area contributed by atoms with Crippen LogP contribution < -0.4 is 0 Å². The van der Waals surface area contributed by atoms with Crippen molar-refractivity contribution in [1.29, 1.82) is 0 Å². The van der Waals surface area contributed by atoms with Crippen molar-refractivity contribution in [3.63, 3.8) is 0 Å². The molecular weight excluding hydrogens is 347 g/mol. The molecule has 0 amide bonds. The van der Waals surface area contributed by atoms with Gasteiger partial charge < -0.3 is 14.7 Å². The number of carbonyl (C=O) groups is 1. The highest BCUT2D eigenvalue weighted by molar-refractivity contribution is 5.92. The lowest BCUT2D eigenvalue weighted by Gasteiger charge is -2.45. The van der Waals surface area contributed by atoms with Gasteiger partial charge in [0, 0.05) is 25.3 Å². The monoisotopic (exact) mass is 374 g/mol. The van der Waals surface area contributed by atoms with E-state index in [1.165, 1.54) is 12.1 Å². The molecule has 1 fully saturated rings. The SMILES string of the molecule is CCCC1=C(C(=O)O)C(C)=CC(N2CCOCC2)N1Cc1ccc(F)cc1. The van der Waals surface area contributed by atoms with Gasteiger partial charge in [0.25, 0.3) is 0 Å². The summed E-state index contributed by atoms with van der Waals surface area (Å²) in [5, 5.41) is 9.81. The molecule has 2 heterocycles. The van der Waals surface area contributed by atoms with Crippen LogP contribution in [0.1, 0.15) is 32.3 Å². The summed E-state index contributed by atoms with van der Waals surface area (Å²) in [4.78, 5) is 16.5. The number of rotatable bonds is 6. The van der Waals surface area contributed by atoms with E-state index in [-0.39, 0.29) is 12.0 Å². The van der Waals surface area contributed by atoms with Gasteiger partial charge in [-0.15, -0.1) is 0 Å². The predicted octanol–water partition coefficient (Wildman–Crippen LogP) is 3.38. The van der Waals surface area contributed by atoms with Crippen LogP contribution in [-0.4, -0.2) is 53.3 Å². The molecule has 0 spiro atoms. The molecule has 27 heavy (non-hydrogen) atoms. The molecule has 1 unspecified atom stereocenters. The lowest BCUT2D eigenvalue weighted by molar-refractivity contribution is -0.132. The van der Waals surface area contributed by atoms with Crippen molar-refractivity contribution in [2.75, 3.05) is 26.3 Å². The molecule has 3 rings (SSSR count). The third-order valence-corrected chi connectivity index (χ3v) is 5.13. The number of ether oxygens (including phenoxy) is 1. The normalized spacial score (nSPS) is 21.4. The topological polar surface area (TPSA) is 53.0 Å².